The minimum atomic E-state index is -0.635. The molecule has 158 valence electrons. The van der Waals surface area contributed by atoms with Gasteiger partial charge in [0, 0.05) is 25.2 Å². The Morgan fingerprint density at radius 3 is 2.14 bits per heavy atom. The van der Waals surface area contributed by atoms with Crippen LogP contribution in [-0.4, -0.2) is 54.2 Å². The molecule has 0 unspecified atom stereocenters. The van der Waals surface area contributed by atoms with Crippen molar-refractivity contribution in [2.45, 2.75) is 76.2 Å². The van der Waals surface area contributed by atoms with Crippen LogP contribution >= 0.6 is 0 Å². The molecular formula is C22H31N3O4. The summed E-state index contributed by atoms with van der Waals surface area (Å²) in [7, 11) is 0. The van der Waals surface area contributed by atoms with Crippen molar-refractivity contribution in [3.63, 3.8) is 0 Å². The van der Waals surface area contributed by atoms with Gasteiger partial charge in [-0.3, -0.25) is 4.79 Å². The maximum absolute atomic E-state index is 13.0. The quantitative estimate of drug-likeness (QED) is 0.816. The van der Waals surface area contributed by atoms with E-state index in [4.69, 9.17) is 9.47 Å². The van der Waals surface area contributed by atoms with Crippen LogP contribution in [0.4, 0.5) is 4.79 Å². The van der Waals surface area contributed by atoms with Crippen molar-refractivity contribution >= 4 is 11.9 Å². The minimum absolute atomic E-state index is 0.0443. The number of nitrogens with one attached hydrogen (secondary N) is 2. The van der Waals surface area contributed by atoms with Gasteiger partial charge in [0.15, 0.2) is 11.5 Å². The molecule has 2 aliphatic heterocycles. The highest BCUT2D eigenvalue weighted by Crippen LogP contribution is 2.34. The molecule has 0 bridgehead atoms. The van der Waals surface area contributed by atoms with E-state index in [2.05, 4.69) is 10.6 Å². The summed E-state index contributed by atoms with van der Waals surface area (Å²) in [5, 5.41) is 6.18. The van der Waals surface area contributed by atoms with Crippen LogP contribution in [0.2, 0.25) is 0 Å². The van der Waals surface area contributed by atoms with E-state index in [0.717, 1.165) is 25.7 Å². The van der Waals surface area contributed by atoms with Crippen molar-refractivity contribution < 1.29 is 19.1 Å². The number of benzene rings is 1. The van der Waals surface area contributed by atoms with Gasteiger partial charge in [0.05, 0.1) is 0 Å². The van der Waals surface area contributed by atoms with Gasteiger partial charge in [-0.25, -0.2) is 4.79 Å². The summed E-state index contributed by atoms with van der Waals surface area (Å²) >= 11 is 0. The molecular weight excluding hydrogens is 370 g/mol. The largest absolute Gasteiger partial charge is 0.482 e. The number of hydrogen-bond acceptors (Lipinski definition) is 4. The van der Waals surface area contributed by atoms with Crippen LogP contribution < -0.4 is 20.1 Å². The van der Waals surface area contributed by atoms with Crippen LogP contribution in [0.25, 0.3) is 0 Å². The Morgan fingerprint density at radius 1 is 0.897 bits per heavy atom. The molecule has 2 N–H and O–H groups in total. The number of carbonyl (C=O) groups is 2. The maximum Gasteiger partial charge on any atom is 0.315 e. The van der Waals surface area contributed by atoms with Gasteiger partial charge in [0.25, 0.3) is 5.91 Å². The van der Waals surface area contributed by atoms with Crippen molar-refractivity contribution in [2.75, 3.05) is 13.1 Å². The Labute approximate surface area is 172 Å². The number of nitrogens with zero attached hydrogens (tertiary/aromatic N) is 1. The second-order valence-corrected chi connectivity index (χ2v) is 8.36. The van der Waals surface area contributed by atoms with Crippen LogP contribution in [0.5, 0.6) is 11.5 Å². The molecule has 7 nitrogen and oxygen atoms in total. The first-order valence-corrected chi connectivity index (χ1v) is 10.9. The third-order valence-electron chi connectivity index (χ3n) is 6.17. The second kappa shape index (κ2) is 8.93. The number of rotatable bonds is 3. The molecule has 2 fully saturated rings. The Bertz CT molecular complexity index is 727. The van der Waals surface area contributed by atoms with Crippen LogP contribution in [0.15, 0.2) is 24.3 Å². The lowest BCUT2D eigenvalue weighted by Crippen LogP contribution is -2.55. The highest BCUT2D eigenvalue weighted by atomic mass is 16.6. The van der Waals surface area contributed by atoms with Crippen molar-refractivity contribution in [3.05, 3.63) is 24.3 Å². The number of para-hydroxylation sites is 2. The highest BCUT2D eigenvalue weighted by Gasteiger charge is 2.38. The van der Waals surface area contributed by atoms with Gasteiger partial charge in [-0.1, -0.05) is 31.4 Å². The Morgan fingerprint density at radius 2 is 1.48 bits per heavy atom. The molecule has 1 saturated heterocycles. The van der Waals surface area contributed by atoms with E-state index in [0.29, 0.717) is 30.6 Å². The zero-order valence-corrected chi connectivity index (χ0v) is 17.1. The first kappa shape index (κ1) is 19.9. The van der Waals surface area contributed by atoms with E-state index in [1.807, 2.05) is 36.1 Å². The second-order valence-electron chi connectivity index (χ2n) is 8.36. The summed E-state index contributed by atoms with van der Waals surface area (Å²) in [4.78, 5) is 27.1. The van der Waals surface area contributed by atoms with Gasteiger partial charge in [-0.15, -0.1) is 0 Å². The van der Waals surface area contributed by atoms with E-state index in [9.17, 15) is 9.59 Å². The summed E-state index contributed by atoms with van der Waals surface area (Å²) in [5.74, 6) is 1.24. The molecule has 2 heterocycles. The predicted octanol–water partition coefficient (Wildman–Crippen LogP) is 2.84. The molecule has 0 radical (unpaired) electrons. The molecule has 0 aromatic heterocycles. The van der Waals surface area contributed by atoms with Gasteiger partial charge in [0.2, 0.25) is 6.10 Å². The fourth-order valence-electron chi connectivity index (χ4n) is 4.47. The molecule has 7 heteroatoms. The Balaban J connectivity index is 1.25. The van der Waals surface area contributed by atoms with E-state index in [1.165, 1.54) is 19.3 Å². The van der Waals surface area contributed by atoms with E-state index >= 15 is 0 Å². The van der Waals surface area contributed by atoms with Gasteiger partial charge >= 0.3 is 6.03 Å². The average molecular weight is 402 g/mol. The van der Waals surface area contributed by atoms with Crippen LogP contribution in [0.1, 0.15) is 51.9 Å². The molecule has 0 spiro atoms. The average Bonchev–Trinajstić information content (AvgIpc) is 2.74. The van der Waals surface area contributed by atoms with Gasteiger partial charge < -0.3 is 25.0 Å². The van der Waals surface area contributed by atoms with Gasteiger partial charge in [-0.05, 0) is 44.7 Å². The summed E-state index contributed by atoms with van der Waals surface area (Å²) in [5.41, 5.74) is 0. The van der Waals surface area contributed by atoms with E-state index in [-0.39, 0.29) is 24.1 Å². The zero-order chi connectivity index (χ0) is 20.2. The van der Waals surface area contributed by atoms with Crippen LogP contribution in [0, 0.1) is 0 Å². The lowest BCUT2D eigenvalue weighted by atomic mass is 9.96. The number of amides is 3. The molecule has 1 saturated carbocycles. The summed E-state index contributed by atoms with van der Waals surface area (Å²) < 4.78 is 11.8. The van der Waals surface area contributed by atoms with Crippen molar-refractivity contribution in [1.29, 1.82) is 0 Å². The van der Waals surface area contributed by atoms with Crippen LogP contribution in [0.3, 0.4) is 0 Å². The molecule has 4 rings (SSSR count). The van der Waals surface area contributed by atoms with Crippen molar-refractivity contribution in [3.8, 4) is 11.5 Å². The molecule has 2 atom stereocenters. The van der Waals surface area contributed by atoms with Gasteiger partial charge in [0.1, 0.15) is 6.10 Å². The molecule has 3 amide bonds. The molecule has 3 aliphatic rings. The van der Waals surface area contributed by atoms with Crippen molar-refractivity contribution in [2.24, 2.45) is 0 Å². The number of hydrogen-bond donors (Lipinski definition) is 2. The highest BCUT2D eigenvalue weighted by molar-refractivity contribution is 5.82. The number of carbonyl (C=O) groups excluding carboxylic acids is 2. The van der Waals surface area contributed by atoms with Crippen molar-refractivity contribution in [1.82, 2.24) is 15.5 Å². The number of urea groups is 1. The fourth-order valence-corrected chi connectivity index (χ4v) is 4.47. The third-order valence-corrected chi connectivity index (χ3v) is 6.17. The lowest BCUT2D eigenvalue weighted by Gasteiger charge is -2.37. The maximum atomic E-state index is 13.0. The zero-order valence-electron chi connectivity index (χ0n) is 17.1. The third kappa shape index (κ3) is 4.77. The molecule has 1 aliphatic carbocycles. The number of ether oxygens (including phenoxy) is 2. The first-order chi connectivity index (χ1) is 14.1. The standard InChI is InChI=1S/C22H31N3O4/c1-15-20(29-19-10-6-5-9-18(19)28-15)21(26)25-13-11-17(12-14-25)24-22(27)23-16-7-3-2-4-8-16/h5-6,9-10,15-17,20H,2-4,7-8,11-14H2,1H3,(H2,23,24,27)/t15-,20-/m1/s1. The summed E-state index contributed by atoms with van der Waals surface area (Å²) in [6, 6.07) is 7.76. The van der Waals surface area contributed by atoms with Gasteiger partial charge in [-0.2, -0.15) is 0 Å². The topological polar surface area (TPSA) is 79.9 Å². The molecule has 1 aromatic carbocycles. The SMILES string of the molecule is C[C@H]1Oc2ccccc2O[C@H]1C(=O)N1CCC(NC(=O)NC2CCCCC2)CC1. The normalized spacial score (nSPS) is 25.3. The Kier molecular flexibility index (Phi) is 6.11. The fraction of sp³-hybridized carbons (Fsp3) is 0.636. The summed E-state index contributed by atoms with van der Waals surface area (Å²) in [6.45, 7) is 3.09. The summed E-state index contributed by atoms with van der Waals surface area (Å²) in [6.07, 6.45) is 6.34. The monoisotopic (exact) mass is 401 g/mol. The van der Waals surface area contributed by atoms with E-state index < -0.39 is 6.10 Å². The first-order valence-electron chi connectivity index (χ1n) is 10.9. The number of fused-ring (bicyclic) bond motifs is 1. The van der Waals surface area contributed by atoms with E-state index in [1.54, 1.807) is 0 Å². The molecule has 1 aromatic rings. The predicted molar refractivity (Wildman–Crippen MR) is 109 cm³/mol. The number of piperidine rings is 1. The molecule has 29 heavy (non-hydrogen) atoms. The Hall–Kier alpha value is -2.44. The number of likely N-dealkylation sites (tertiary alicyclic amines) is 1. The van der Waals surface area contributed by atoms with Crippen LogP contribution in [-0.2, 0) is 4.79 Å². The lowest BCUT2D eigenvalue weighted by molar-refractivity contribution is -0.145. The minimum Gasteiger partial charge on any atom is -0.482 e. The smallest absolute Gasteiger partial charge is 0.315 e.